The Bertz CT molecular complexity index is 635. The molecule has 6 nitrogen and oxygen atoms in total. The van der Waals surface area contributed by atoms with E-state index in [1.165, 1.54) is 0 Å². The molecule has 6 heteroatoms. The Balaban J connectivity index is 1.67. The molecule has 0 unspecified atom stereocenters. The first-order valence-corrected chi connectivity index (χ1v) is 7.62. The van der Waals surface area contributed by atoms with E-state index in [-0.39, 0.29) is 5.60 Å². The van der Waals surface area contributed by atoms with E-state index in [9.17, 15) is 0 Å². The van der Waals surface area contributed by atoms with Crippen LogP contribution in [0.2, 0.25) is 0 Å². The van der Waals surface area contributed by atoms with Crippen LogP contribution in [0, 0.1) is 6.92 Å². The van der Waals surface area contributed by atoms with Gasteiger partial charge in [-0.1, -0.05) is 5.16 Å². The Labute approximate surface area is 130 Å². The van der Waals surface area contributed by atoms with Crippen LogP contribution in [0.5, 0.6) is 0 Å². The van der Waals surface area contributed by atoms with E-state index in [1.807, 2.05) is 32.3 Å². The monoisotopic (exact) mass is 302 g/mol. The van der Waals surface area contributed by atoms with Crippen molar-refractivity contribution in [2.75, 3.05) is 13.7 Å². The van der Waals surface area contributed by atoms with Crippen LogP contribution in [-0.4, -0.2) is 33.7 Å². The summed E-state index contributed by atoms with van der Waals surface area (Å²) in [5.74, 6) is 1.62. The second-order valence-corrected chi connectivity index (χ2v) is 6.16. The number of hydrogen-bond acceptors (Lipinski definition) is 6. The molecule has 1 fully saturated rings. The zero-order chi connectivity index (χ0) is 15.6. The molecule has 3 heterocycles. The number of hydrogen-bond donors (Lipinski definition) is 0. The van der Waals surface area contributed by atoms with Gasteiger partial charge in [0, 0.05) is 32.0 Å². The molecule has 1 saturated heterocycles. The molecule has 1 aliphatic rings. The fourth-order valence-corrected chi connectivity index (χ4v) is 2.80. The zero-order valence-electron chi connectivity index (χ0n) is 13.4. The molecule has 1 aliphatic heterocycles. The van der Waals surface area contributed by atoms with Gasteiger partial charge in [-0.15, -0.1) is 0 Å². The van der Waals surface area contributed by atoms with Crippen molar-refractivity contribution in [1.82, 2.24) is 20.0 Å². The van der Waals surface area contributed by atoms with Gasteiger partial charge in [0.1, 0.15) is 11.4 Å². The van der Waals surface area contributed by atoms with E-state index in [0.29, 0.717) is 0 Å². The molecule has 0 N–H and O–H groups in total. The highest BCUT2D eigenvalue weighted by Gasteiger charge is 2.34. The topological polar surface area (TPSA) is 64.3 Å². The van der Waals surface area contributed by atoms with Gasteiger partial charge in [-0.25, -0.2) is 9.97 Å². The molecule has 118 valence electrons. The molecule has 3 rings (SSSR count). The summed E-state index contributed by atoms with van der Waals surface area (Å²) in [4.78, 5) is 11.3. The lowest BCUT2D eigenvalue weighted by Gasteiger charge is -2.22. The van der Waals surface area contributed by atoms with Gasteiger partial charge in [0.15, 0.2) is 5.82 Å². The third-order valence-corrected chi connectivity index (χ3v) is 3.95. The van der Waals surface area contributed by atoms with Crippen LogP contribution >= 0.6 is 0 Å². The van der Waals surface area contributed by atoms with Gasteiger partial charge in [-0.3, -0.25) is 4.90 Å². The maximum atomic E-state index is 5.82. The van der Waals surface area contributed by atoms with Crippen molar-refractivity contribution < 1.29 is 9.26 Å². The Morgan fingerprint density at radius 2 is 2.14 bits per heavy atom. The molecule has 0 radical (unpaired) electrons. The van der Waals surface area contributed by atoms with E-state index in [0.717, 1.165) is 55.5 Å². The predicted molar refractivity (Wildman–Crippen MR) is 81.0 cm³/mol. The summed E-state index contributed by atoms with van der Waals surface area (Å²) in [6.07, 6.45) is 3.86. The van der Waals surface area contributed by atoms with Gasteiger partial charge < -0.3 is 9.26 Å². The average molecular weight is 302 g/mol. The summed E-state index contributed by atoms with van der Waals surface area (Å²) in [7, 11) is 2.04. The molecule has 2 aromatic heterocycles. The third kappa shape index (κ3) is 3.34. The molecule has 0 bridgehead atoms. The molecule has 22 heavy (non-hydrogen) atoms. The Kier molecular flexibility index (Phi) is 4.22. The first-order chi connectivity index (χ1) is 10.5. The minimum atomic E-state index is -0.336. The summed E-state index contributed by atoms with van der Waals surface area (Å²) in [5.41, 5.74) is 1.59. The quantitative estimate of drug-likeness (QED) is 0.845. The Morgan fingerprint density at radius 1 is 1.32 bits per heavy atom. The van der Waals surface area contributed by atoms with Crippen LogP contribution in [-0.2, 0) is 23.4 Å². The molecular weight excluding hydrogens is 280 g/mol. The second-order valence-electron chi connectivity index (χ2n) is 6.16. The predicted octanol–water partition coefficient (Wildman–Crippen LogP) is 2.43. The van der Waals surface area contributed by atoms with Crippen molar-refractivity contribution in [2.24, 2.45) is 0 Å². The summed E-state index contributed by atoms with van der Waals surface area (Å²) < 4.78 is 10.9. The molecule has 1 atom stereocenters. The lowest BCUT2D eigenvalue weighted by atomic mass is 10.0. The van der Waals surface area contributed by atoms with Crippen LogP contribution in [0.4, 0.5) is 0 Å². The Hall–Kier alpha value is -1.79. The molecule has 0 aliphatic carbocycles. The average Bonchev–Trinajstić information content (AvgIpc) is 3.09. The number of aryl methyl sites for hydroxylation is 1. The van der Waals surface area contributed by atoms with E-state index >= 15 is 0 Å². The third-order valence-electron chi connectivity index (χ3n) is 3.95. The van der Waals surface area contributed by atoms with Gasteiger partial charge in [-0.05, 0) is 39.8 Å². The van der Waals surface area contributed by atoms with Gasteiger partial charge in [0.05, 0.1) is 11.4 Å². The number of aromatic nitrogens is 3. The fraction of sp³-hybridized carbons (Fsp3) is 0.562. The highest BCUT2D eigenvalue weighted by Crippen LogP contribution is 2.33. The highest BCUT2D eigenvalue weighted by atomic mass is 16.5. The lowest BCUT2D eigenvalue weighted by molar-refractivity contribution is 0.00903. The van der Waals surface area contributed by atoms with Crippen molar-refractivity contribution >= 4 is 0 Å². The second kappa shape index (κ2) is 6.14. The van der Waals surface area contributed by atoms with Gasteiger partial charge in [0.2, 0.25) is 0 Å². The molecular formula is C16H22N4O2. The summed E-state index contributed by atoms with van der Waals surface area (Å²) >= 11 is 0. The van der Waals surface area contributed by atoms with Gasteiger partial charge in [0.25, 0.3) is 0 Å². The van der Waals surface area contributed by atoms with Crippen molar-refractivity contribution in [1.29, 1.82) is 0 Å². The highest BCUT2D eigenvalue weighted by molar-refractivity contribution is 5.09. The normalized spacial score (nSPS) is 21.6. The van der Waals surface area contributed by atoms with E-state index in [2.05, 4.69) is 22.0 Å². The largest absolute Gasteiger partial charge is 0.367 e. The number of ether oxygens (including phenoxy) is 1. The van der Waals surface area contributed by atoms with E-state index < -0.39 is 0 Å². The van der Waals surface area contributed by atoms with Crippen molar-refractivity contribution in [3.8, 4) is 0 Å². The van der Waals surface area contributed by atoms with Crippen LogP contribution in [0.1, 0.15) is 42.7 Å². The first kappa shape index (κ1) is 15.1. The zero-order valence-corrected chi connectivity index (χ0v) is 13.4. The number of nitrogens with zero attached hydrogens (tertiary/aromatic N) is 4. The fourth-order valence-electron chi connectivity index (χ4n) is 2.80. The smallest absolute Gasteiger partial charge is 0.160 e. The van der Waals surface area contributed by atoms with Crippen molar-refractivity contribution in [3.05, 3.63) is 41.3 Å². The van der Waals surface area contributed by atoms with E-state index in [4.69, 9.17) is 14.2 Å². The molecule has 0 amide bonds. The maximum absolute atomic E-state index is 5.82. The standard InChI is InChI=1S/C16H22N4O2/c1-12-9-14(19-22-12)11-20(3)10-13-5-7-17-15(18-13)16(2)6-4-8-21-16/h5,7,9H,4,6,8,10-11H2,1-3H3/t16-/m0/s1. The Morgan fingerprint density at radius 3 is 2.82 bits per heavy atom. The lowest BCUT2D eigenvalue weighted by Crippen LogP contribution is -2.25. The molecule has 2 aromatic rings. The van der Waals surface area contributed by atoms with Gasteiger partial charge >= 0.3 is 0 Å². The van der Waals surface area contributed by atoms with Crippen LogP contribution < -0.4 is 0 Å². The van der Waals surface area contributed by atoms with Crippen LogP contribution in [0.3, 0.4) is 0 Å². The van der Waals surface area contributed by atoms with Gasteiger partial charge in [-0.2, -0.15) is 0 Å². The van der Waals surface area contributed by atoms with E-state index in [1.54, 1.807) is 0 Å². The van der Waals surface area contributed by atoms with Crippen LogP contribution in [0.25, 0.3) is 0 Å². The van der Waals surface area contributed by atoms with Crippen molar-refractivity contribution in [3.63, 3.8) is 0 Å². The number of rotatable bonds is 5. The molecule has 0 spiro atoms. The minimum Gasteiger partial charge on any atom is -0.367 e. The summed E-state index contributed by atoms with van der Waals surface area (Å²) in [6.45, 7) is 6.22. The minimum absolute atomic E-state index is 0.336. The first-order valence-electron chi connectivity index (χ1n) is 7.62. The van der Waals surface area contributed by atoms with Crippen LogP contribution in [0.15, 0.2) is 22.9 Å². The van der Waals surface area contributed by atoms with Crippen molar-refractivity contribution in [2.45, 2.75) is 45.4 Å². The summed E-state index contributed by atoms with van der Waals surface area (Å²) in [5, 5.41) is 4.02. The maximum Gasteiger partial charge on any atom is 0.160 e. The summed E-state index contributed by atoms with van der Waals surface area (Å²) in [6, 6.07) is 3.90. The molecule has 0 aromatic carbocycles. The SMILES string of the molecule is Cc1cc(CN(C)Cc2ccnc([C@]3(C)CCCO3)n2)no1. The molecule has 0 saturated carbocycles.